The van der Waals surface area contributed by atoms with E-state index >= 15 is 0 Å². The van der Waals surface area contributed by atoms with Gasteiger partial charge in [0.1, 0.15) is 5.25 Å². The molecule has 2 aromatic carbocycles. The lowest BCUT2D eigenvalue weighted by molar-refractivity contribution is 0.354. The molecule has 31 heavy (non-hydrogen) atoms. The summed E-state index contributed by atoms with van der Waals surface area (Å²) in [5.41, 5.74) is 0.376. The molecule has 0 saturated heterocycles. The zero-order valence-corrected chi connectivity index (χ0v) is 18.6. The fourth-order valence-corrected chi connectivity index (χ4v) is 5.83. The molecule has 1 unspecified atom stereocenters. The summed E-state index contributed by atoms with van der Waals surface area (Å²) in [5.74, 6) is 0.618. The number of hydrogen-bond donors (Lipinski definition) is 1. The van der Waals surface area contributed by atoms with Gasteiger partial charge in [0.2, 0.25) is 10.0 Å². The molecule has 0 saturated carbocycles. The third-order valence-corrected chi connectivity index (χ3v) is 8.16. The Balaban J connectivity index is 1.94. The SMILES string of the molecule is COc1ccc(S(=O)(=O)NCC(c2cccnc2)S(=O)(=O)c2ccccc2)cc1OC. The van der Waals surface area contributed by atoms with Crippen molar-refractivity contribution < 1.29 is 26.3 Å². The van der Waals surface area contributed by atoms with Crippen molar-refractivity contribution in [2.45, 2.75) is 15.0 Å². The topological polar surface area (TPSA) is 112 Å². The van der Waals surface area contributed by atoms with E-state index in [1.807, 2.05) is 0 Å². The van der Waals surface area contributed by atoms with Crippen molar-refractivity contribution in [3.05, 3.63) is 78.6 Å². The number of aromatic nitrogens is 1. The number of nitrogens with one attached hydrogen (secondary N) is 1. The summed E-state index contributed by atoms with van der Waals surface area (Å²) in [6.07, 6.45) is 2.93. The minimum atomic E-state index is -4.03. The van der Waals surface area contributed by atoms with Crippen LogP contribution in [-0.4, -0.2) is 42.6 Å². The fourth-order valence-electron chi connectivity index (χ4n) is 3.00. The first-order valence-electron chi connectivity index (χ1n) is 9.20. The third kappa shape index (κ3) is 5.04. The molecule has 1 atom stereocenters. The van der Waals surface area contributed by atoms with Crippen molar-refractivity contribution in [2.24, 2.45) is 0 Å². The Kier molecular flexibility index (Phi) is 6.94. The molecular formula is C21H22N2O6S2. The average molecular weight is 463 g/mol. The van der Waals surface area contributed by atoms with Crippen molar-refractivity contribution in [3.63, 3.8) is 0 Å². The maximum Gasteiger partial charge on any atom is 0.240 e. The van der Waals surface area contributed by atoms with E-state index in [1.165, 1.54) is 56.9 Å². The van der Waals surface area contributed by atoms with Crippen molar-refractivity contribution in [3.8, 4) is 11.5 Å². The number of sulfonamides is 1. The van der Waals surface area contributed by atoms with Crippen LogP contribution >= 0.6 is 0 Å². The largest absolute Gasteiger partial charge is 0.493 e. The van der Waals surface area contributed by atoms with Crippen LogP contribution in [0.15, 0.2) is 82.8 Å². The number of pyridine rings is 1. The van der Waals surface area contributed by atoms with E-state index < -0.39 is 25.1 Å². The molecule has 0 radical (unpaired) electrons. The number of methoxy groups -OCH3 is 2. The molecule has 0 bridgehead atoms. The molecule has 1 heterocycles. The second-order valence-corrected chi connectivity index (χ2v) is 10.4. The fraction of sp³-hybridized carbons (Fsp3) is 0.190. The summed E-state index contributed by atoms with van der Waals surface area (Å²) in [5, 5.41) is -1.17. The normalized spacial score (nSPS) is 12.8. The first kappa shape index (κ1) is 22.7. The third-order valence-electron chi connectivity index (χ3n) is 4.63. The molecule has 0 amide bonds. The van der Waals surface area contributed by atoms with Crippen LogP contribution in [0.25, 0.3) is 0 Å². The van der Waals surface area contributed by atoms with Gasteiger partial charge in [-0.15, -0.1) is 0 Å². The summed E-state index contributed by atoms with van der Waals surface area (Å²) in [7, 11) is -5.09. The number of rotatable bonds is 9. The van der Waals surface area contributed by atoms with Gasteiger partial charge in [0, 0.05) is 25.0 Å². The number of hydrogen-bond acceptors (Lipinski definition) is 7. The van der Waals surface area contributed by atoms with E-state index in [9.17, 15) is 16.8 Å². The second kappa shape index (κ2) is 9.46. The molecule has 8 nitrogen and oxygen atoms in total. The van der Waals surface area contributed by atoms with Gasteiger partial charge in [-0.25, -0.2) is 21.6 Å². The molecule has 0 aliphatic carbocycles. The van der Waals surface area contributed by atoms with Gasteiger partial charge >= 0.3 is 0 Å². The zero-order chi connectivity index (χ0) is 22.5. The lowest BCUT2D eigenvalue weighted by Gasteiger charge is -2.19. The molecule has 0 aliphatic heterocycles. The van der Waals surface area contributed by atoms with Crippen molar-refractivity contribution in [1.82, 2.24) is 9.71 Å². The van der Waals surface area contributed by atoms with E-state index in [2.05, 4.69) is 9.71 Å². The average Bonchev–Trinajstić information content (AvgIpc) is 2.79. The Hall–Kier alpha value is -2.95. The first-order chi connectivity index (χ1) is 14.8. The summed E-state index contributed by atoms with van der Waals surface area (Å²) in [6, 6.07) is 15.2. The van der Waals surface area contributed by atoms with Crippen LogP contribution in [0, 0.1) is 0 Å². The predicted molar refractivity (Wildman–Crippen MR) is 115 cm³/mol. The molecule has 1 aromatic heterocycles. The van der Waals surface area contributed by atoms with Gasteiger partial charge in [-0.1, -0.05) is 24.3 Å². The Morgan fingerprint density at radius 3 is 2.19 bits per heavy atom. The summed E-state index contributed by atoms with van der Waals surface area (Å²) in [4.78, 5) is 4.00. The number of benzene rings is 2. The summed E-state index contributed by atoms with van der Waals surface area (Å²) in [6.45, 7) is -0.375. The molecule has 0 aliphatic rings. The maximum atomic E-state index is 13.3. The van der Waals surface area contributed by atoms with Crippen LogP contribution in [0.2, 0.25) is 0 Å². The van der Waals surface area contributed by atoms with Crippen LogP contribution in [-0.2, 0) is 19.9 Å². The van der Waals surface area contributed by atoms with Crippen molar-refractivity contribution in [1.29, 1.82) is 0 Å². The minimum absolute atomic E-state index is 0.0767. The van der Waals surface area contributed by atoms with Crippen LogP contribution < -0.4 is 14.2 Å². The lowest BCUT2D eigenvalue weighted by Crippen LogP contribution is -2.32. The molecule has 0 fully saturated rings. The van der Waals surface area contributed by atoms with E-state index in [4.69, 9.17) is 9.47 Å². The van der Waals surface area contributed by atoms with Crippen molar-refractivity contribution in [2.75, 3.05) is 20.8 Å². The van der Waals surface area contributed by atoms with Gasteiger partial charge in [0.05, 0.1) is 24.0 Å². The zero-order valence-electron chi connectivity index (χ0n) is 16.9. The standard InChI is InChI=1S/C21H22N2O6S2/c1-28-19-11-10-18(13-20(19)29-2)31(26,27)23-15-21(16-7-6-12-22-14-16)30(24,25)17-8-4-3-5-9-17/h3-14,21,23H,15H2,1-2H3. The molecule has 3 aromatic rings. The van der Waals surface area contributed by atoms with E-state index in [0.717, 1.165) is 0 Å². The van der Waals surface area contributed by atoms with Crippen LogP contribution in [0.4, 0.5) is 0 Å². The van der Waals surface area contributed by atoms with Gasteiger partial charge in [0.25, 0.3) is 0 Å². The van der Waals surface area contributed by atoms with Gasteiger partial charge in [-0.05, 0) is 35.9 Å². The van der Waals surface area contributed by atoms with Crippen LogP contribution in [0.5, 0.6) is 11.5 Å². The van der Waals surface area contributed by atoms with Gasteiger partial charge in [-0.3, -0.25) is 4.98 Å². The van der Waals surface area contributed by atoms with Gasteiger partial charge in [0.15, 0.2) is 21.3 Å². The van der Waals surface area contributed by atoms with Crippen LogP contribution in [0.1, 0.15) is 10.8 Å². The summed E-state index contributed by atoms with van der Waals surface area (Å²) < 4.78 is 65.0. The number of sulfone groups is 1. The second-order valence-electron chi connectivity index (χ2n) is 6.50. The predicted octanol–water partition coefficient (Wildman–Crippen LogP) is 2.59. The highest BCUT2D eigenvalue weighted by molar-refractivity contribution is 7.92. The molecule has 10 heteroatoms. The van der Waals surface area contributed by atoms with Gasteiger partial charge in [-0.2, -0.15) is 0 Å². The first-order valence-corrected chi connectivity index (χ1v) is 12.2. The minimum Gasteiger partial charge on any atom is -0.493 e. The molecule has 3 rings (SSSR count). The maximum absolute atomic E-state index is 13.3. The molecular weight excluding hydrogens is 440 g/mol. The van der Waals surface area contributed by atoms with E-state index in [1.54, 1.807) is 30.3 Å². The molecule has 0 spiro atoms. The summed E-state index contributed by atoms with van der Waals surface area (Å²) >= 11 is 0. The number of ether oxygens (including phenoxy) is 2. The molecule has 164 valence electrons. The van der Waals surface area contributed by atoms with Gasteiger partial charge < -0.3 is 9.47 Å². The Bertz CT molecular complexity index is 1230. The number of nitrogens with zero attached hydrogens (tertiary/aromatic N) is 1. The van der Waals surface area contributed by atoms with Crippen LogP contribution in [0.3, 0.4) is 0 Å². The Labute approximate surface area is 181 Å². The highest BCUT2D eigenvalue weighted by Gasteiger charge is 2.31. The monoisotopic (exact) mass is 462 g/mol. The smallest absolute Gasteiger partial charge is 0.240 e. The highest BCUT2D eigenvalue weighted by Crippen LogP contribution is 2.31. The highest BCUT2D eigenvalue weighted by atomic mass is 32.2. The van der Waals surface area contributed by atoms with Crippen molar-refractivity contribution >= 4 is 19.9 Å². The Morgan fingerprint density at radius 1 is 0.871 bits per heavy atom. The Morgan fingerprint density at radius 2 is 1.58 bits per heavy atom. The van der Waals surface area contributed by atoms with E-state index in [0.29, 0.717) is 11.3 Å². The quantitative estimate of drug-likeness (QED) is 0.520. The van der Waals surface area contributed by atoms with E-state index in [-0.39, 0.29) is 22.1 Å². The lowest BCUT2D eigenvalue weighted by atomic mass is 10.2. The molecule has 1 N–H and O–H groups in total.